The smallest absolute Gasteiger partial charge is 0.0826 e. The maximum atomic E-state index is 5.72. The Labute approximate surface area is 99.5 Å². The van der Waals surface area contributed by atoms with Crippen LogP contribution in [0.25, 0.3) is 0 Å². The summed E-state index contributed by atoms with van der Waals surface area (Å²) in [5.41, 5.74) is 0. The van der Waals surface area contributed by atoms with Crippen molar-refractivity contribution in [3.05, 3.63) is 0 Å². The zero-order valence-corrected chi connectivity index (χ0v) is 10.6. The van der Waals surface area contributed by atoms with Gasteiger partial charge in [-0.3, -0.25) is 0 Å². The molecule has 2 aliphatic rings. The van der Waals surface area contributed by atoms with Crippen LogP contribution in [0, 0.1) is 5.92 Å². The Morgan fingerprint density at radius 3 is 2.88 bits per heavy atom. The van der Waals surface area contributed by atoms with Crippen molar-refractivity contribution in [3.63, 3.8) is 0 Å². The minimum Gasteiger partial charge on any atom is -0.374 e. The lowest BCUT2D eigenvalue weighted by atomic mass is 10.0. The summed E-state index contributed by atoms with van der Waals surface area (Å²) in [7, 11) is 2.17. The van der Waals surface area contributed by atoms with Gasteiger partial charge in [-0.1, -0.05) is 25.7 Å². The van der Waals surface area contributed by atoms with Gasteiger partial charge in [0.1, 0.15) is 0 Å². The molecule has 16 heavy (non-hydrogen) atoms. The van der Waals surface area contributed by atoms with Gasteiger partial charge in [0.2, 0.25) is 0 Å². The quantitative estimate of drug-likeness (QED) is 0.719. The van der Waals surface area contributed by atoms with E-state index in [9.17, 15) is 0 Å². The van der Waals surface area contributed by atoms with Gasteiger partial charge in [0.05, 0.1) is 12.7 Å². The molecule has 94 valence electrons. The van der Waals surface area contributed by atoms with Crippen LogP contribution in [0.15, 0.2) is 0 Å². The van der Waals surface area contributed by atoms with Gasteiger partial charge in [-0.05, 0) is 25.9 Å². The number of likely N-dealkylation sites (N-methyl/N-ethyl adjacent to an activating group) is 1. The number of morpholine rings is 1. The number of nitrogens with one attached hydrogen (secondary N) is 1. The molecule has 3 nitrogen and oxygen atoms in total. The SMILES string of the molecule is CN1CCOC(CNCCC2CCCC2)C1. The molecule has 0 spiro atoms. The van der Waals surface area contributed by atoms with Gasteiger partial charge in [-0.2, -0.15) is 0 Å². The van der Waals surface area contributed by atoms with E-state index in [4.69, 9.17) is 4.74 Å². The summed E-state index contributed by atoms with van der Waals surface area (Å²) < 4.78 is 5.72. The van der Waals surface area contributed by atoms with Crippen LogP contribution in [0.2, 0.25) is 0 Å². The average Bonchev–Trinajstić information content (AvgIpc) is 2.77. The summed E-state index contributed by atoms with van der Waals surface area (Å²) in [5.74, 6) is 1.00. The van der Waals surface area contributed by atoms with E-state index in [0.29, 0.717) is 6.10 Å². The van der Waals surface area contributed by atoms with Crippen LogP contribution >= 0.6 is 0 Å². The highest BCUT2D eigenvalue weighted by Gasteiger charge is 2.18. The lowest BCUT2D eigenvalue weighted by molar-refractivity contribution is -0.0181. The van der Waals surface area contributed by atoms with Gasteiger partial charge < -0.3 is 15.0 Å². The van der Waals surface area contributed by atoms with E-state index >= 15 is 0 Å². The first kappa shape index (κ1) is 12.3. The summed E-state index contributed by atoms with van der Waals surface area (Å²) >= 11 is 0. The van der Waals surface area contributed by atoms with Crippen LogP contribution in [0.1, 0.15) is 32.1 Å². The van der Waals surface area contributed by atoms with Crippen LogP contribution in [0.4, 0.5) is 0 Å². The summed E-state index contributed by atoms with van der Waals surface area (Å²) in [4.78, 5) is 2.35. The number of hydrogen-bond acceptors (Lipinski definition) is 3. The fourth-order valence-electron chi connectivity index (χ4n) is 2.86. The second kappa shape index (κ2) is 6.58. The minimum absolute atomic E-state index is 0.405. The Bertz CT molecular complexity index is 192. The Kier molecular flexibility index (Phi) is 5.07. The normalized spacial score (nSPS) is 28.7. The number of ether oxygens (including phenoxy) is 1. The van der Waals surface area contributed by atoms with Crippen molar-refractivity contribution in [2.45, 2.75) is 38.2 Å². The molecule has 0 radical (unpaired) electrons. The van der Waals surface area contributed by atoms with Crippen molar-refractivity contribution in [1.29, 1.82) is 0 Å². The number of rotatable bonds is 5. The van der Waals surface area contributed by atoms with Crippen LogP contribution in [0.5, 0.6) is 0 Å². The predicted molar refractivity (Wildman–Crippen MR) is 66.7 cm³/mol. The van der Waals surface area contributed by atoms with Gasteiger partial charge in [0.15, 0.2) is 0 Å². The van der Waals surface area contributed by atoms with Crippen molar-refractivity contribution in [3.8, 4) is 0 Å². The topological polar surface area (TPSA) is 24.5 Å². The Hall–Kier alpha value is -0.120. The lowest BCUT2D eigenvalue weighted by Crippen LogP contribution is -2.45. The fourth-order valence-corrected chi connectivity index (χ4v) is 2.86. The average molecular weight is 226 g/mol. The van der Waals surface area contributed by atoms with Crippen LogP contribution in [-0.2, 0) is 4.74 Å². The van der Waals surface area contributed by atoms with Crippen LogP contribution in [-0.4, -0.2) is 50.8 Å². The molecule has 2 rings (SSSR count). The van der Waals surface area contributed by atoms with Crippen LogP contribution < -0.4 is 5.32 Å². The Morgan fingerprint density at radius 1 is 1.31 bits per heavy atom. The predicted octanol–water partition coefficient (Wildman–Crippen LogP) is 1.49. The second-order valence-corrected chi connectivity index (χ2v) is 5.40. The molecule has 1 saturated carbocycles. The maximum Gasteiger partial charge on any atom is 0.0826 e. The van der Waals surface area contributed by atoms with Crippen molar-refractivity contribution < 1.29 is 4.74 Å². The van der Waals surface area contributed by atoms with Gasteiger partial charge in [0, 0.05) is 19.6 Å². The molecule has 1 atom stereocenters. The van der Waals surface area contributed by atoms with E-state index in [1.807, 2.05) is 0 Å². The number of nitrogens with zero attached hydrogens (tertiary/aromatic N) is 1. The third-order valence-electron chi connectivity index (χ3n) is 3.92. The van der Waals surface area contributed by atoms with Crippen molar-refractivity contribution in [1.82, 2.24) is 10.2 Å². The van der Waals surface area contributed by atoms with Gasteiger partial charge in [-0.25, -0.2) is 0 Å². The van der Waals surface area contributed by atoms with E-state index < -0.39 is 0 Å². The molecule has 1 aliphatic heterocycles. The van der Waals surface area contributed by atoms with E-state index in [1.165, 1.54) is 38.6 Å². The zero-order valence-electron chi connectivity index (χ0n) is 10.6. The van der Waals surface area contributed by atoms with Crippen molar-refractivity contribution in [2.24, 2.45) is 5.92 Å². The van der Waals surface area contributed by atoms with Gasteiger partial charge in [0.25, 0.3) is 0 Å². The lowest BCUT2D eigenvalue weighted by Gasteiger charge is -2.30. The van der Waals surface area contributed by atoms with Crippen LogP contribution in [0.3, 0.4) is 0 Å². The molecule has 0 bridgehead atoms. The number of hydrogen-bond donors (Lipinski definition) is 1. The molecule has 1 saturated heterocycles. The van der Waals surface area contributed by atoms with Gasteiger partial charge >= 0.3 is 0 Å². The molecule has 0 aromatic rings. The largest absolute Gasteiger partial charge is 0.374 e. The standard InChI is InChI=1S/C13H26N2O/c1-15-8-9-16-13(11-15)10-14-7-6-12-4-2-3-5-12/h12-14H,2-11H2,1H3. The third kappa shape index (κ3) is 4.04. The highest BCUT2D eigenvalue weighted by Crippen LogP contribution is 2.26. The molecule has 2 fully saturated rings. The Balaban J connectivity index is 1.50. The first-order valence-corrected chi connectivity index (χ1v) is 6.85. The summed E-state index contributed by atoms with van der Waals surface area (Å²) in [6, 6.07) is 0. The minimum atomic E-state index is 0.405. The first-order valence-electron chi connectivity index (χ1n) is 6.85. The molecular formula is C13H26N2O. The zero-order chi connectivity index (χ0) is 11.2. The van der Waals surface area contributed by atoms with E-state index in [2.05, 4.69) is 17.3 Å². The monoisotopic (exact) mass is 226 g/mol. The summed E-state index contributed by atoms with van der Waals surface area (Å²) in [6.07, 6.45) is 7.61. The molecule has 0 amide bonds. The van der Waals surface area contributed by atoms with Crippen molar-refractivity contribution in [2.75, 3.05) is 39.8 Å². The summed E-state index contributed by atoms with van der Waals surface area (Å²) in [5, 5.41) is 3.55. The molecular weight excluding hydrogens is 200 g/mol. The third-order valence-corrected chi connectivity index (χ3v) is 3.92. The van der Waals surface area contributed by atoms with E-state index in [-0.39, 0.29) is 0 Å². The molecule has 0 aromatic heterocycles. The molecule has 1 unspecified atom stereocenters. The first-order chi connectivity index (χ1) is 7.84. The van der Waals surface area contributed by atoms with Crippen molar-refractivity contribution >= 4 is 0 Å². The highest BCUT2D eigenvalue weighted by molar-refractivity contribution is 4.72. The highest BCUT2D eigenvalue weighted by atomic mass is 16.5. The van der Waals surface area contributed by atoms with Gasteiger partial charge in [-0.15, -0.1) is 0 Å². The molecule has 3 heteroatoms. The van der Waals surface area contributed by atoms with E-state index in [1.54, 1.807) is 0 Å². The molecule has 1 heterocycles. The summed E-state index contributed by atoms with van der Waals surface area (Å²) in [6.45, 7) is 5.26. The molecule has 0 aromatic carbocycles. The molecule has 1 N–H and O–H groups in total. The Morgan fingerprint density at radius 2 is 2.12 bits per heavy atom. The fraction of sp³-hybridized carbons (Fsp3) is 1.00. The maximum absolute atomic E-state index is 5.72. The van der Waals surface area contributed by atoms with E-state index in [0.717, 1.165) is 32.2 Å². The molecule has 1 aliphatic carbocycles. The second-order valence-electron chi connectivity index (χ2n) is 5.40.